The maximum atomic E-state index is 11.3. The lowest BCUT2D eigenvalue weighted by Gasteiger charge is -2.32. The Morgan fingerprint density at radius 1 is 1.53 bits per heavy atom. The molecule has 1 aromatic rings. The van der Waals surface area contributed by atoms with Gasteiger partial charge in [0.1, 0.15) is 11.6 Å². The highest BCUT2D eigenvalue weighted by Crippen LogP contribution is 2.28. The predicted molar refractivity (Wildman–Crippen MR) is 73.8 cm³/mol. The SMILES string of the molecule is COc1cc(N(C(=O)O)C(C)(C)C)ncc1I. The number of hydrogen-bond acceptors (Lipinski definition) is 3. The fourth-order valence-electron chi connectivity index (χ4n) is 1.42. The number of carbonyl (C=O) groups is 1. The smallest absolute Gasteiger partial charge is 0.413 e. The lowest BCUT2D eigenvalue weighted by molar-refractivity contribution is 0.195. The number of methoxy groups -OCH3 is 1. The number of amides is 1. The van der Waals surface area contributed by atoms with E-state index in [1.165, 1.54) is 4.90 Å². The Labute approximate surface area is 114 Å². The van der Waals surface area contributed by atoms with Gasteiger partial charge in [-0.05, 0) is 43.4 Å². The molecule has 94 valence electrons. The summed E-state index contributed by atoms with van der Waals surface area (Å²) in [5, 5.41) is 9.24. The number of ether oxygens (including phenoxy) is 1. The van der Waals surface area contributed by atoms with E-state index < -0.39 is 11.6 Å². The number of carboxylic acid groups (broad SMARTS) is 1. The van der Waals surface area contributed by atoms with Crippen molar-refractivity contribution in [3.63, 3.8) is 0 Å². The molecular formula is C11H15IN2O3. The van der Waals surface area contributed by atoms with Crippen LogP contribution < -0.4 is 9.64 Å². The molecule has 5 nitrogen and oxygen atoms in total. The molecule has 1 rings (SSSR count). The van der Waals surface area contributed by atoms with Crippen LogP contribution in [0, 0.1) is 3.57 Å². The first kappa shape index (κ1) is 14.0. The highest BCUT2D eigenvalue weighted by Gasteiger charge is 2.29. The van der Waals surface area contributed by atoms with Crippen molar-refractivity contribution in [1.82, 2.24) is 4.98 Å². The number of nitrogens with zero attached hydrogens (tertiary/aromatic N) is 2. The average molecular weight is 350 g/mol. The van der Waals surface area contributed by atoms with Crippen LogP contribution in [-0.4, -0.2) is 28.8 Å². The van der Waals surface area contributed by atoms with Crippen LogP contribution in [0.1, 0.15) is 20.8 Å². The Hall–Kier alpha value is -1.05. The summed E-state index contributed by atoms with van der Waals surface area (Å²) in [6.45, 7) is 5.44. The summed E-state index contributed by atoms with van der Waals surface area (Å²) in [6, 6.07) is 1.63. The molecule has 0 aliphatic rings. The maximum Gasteiger partial charge on any atom is 0.413 e. The highest BCUT2D eigenvalue weighted by atomic mass is 127. The van der Waals surface area contributed by atoms with Gasteiger partial charge >= 0.3 is 6.09 Å². The van der Waals surface area contributed by atoms with Crippen molar-refractivity contribution in [2.75, 3.05) is 12.0 Å². The topological polar surface area (TPSA) is 62.7 Å². The van der Waals surface area contributed by atoms with Crippen LogP contribution >= 0.6 is 22.6 Å². The Kier molecular flexibility index (Phi) is 4.18. The minimum absolute atomic E-state index is 0.363. The first-order valence-electron chi connectivity index (χ1n) is 5.00. The number of anilines is 1. The second-order valence-electron chi connectivity index (χ2n) is 4.47. The van der Waals surface area contributed by atoms with Crippen LogP contribution in [0.2, 0.25) is 0 Å². The number of halogens is 1. The van der Waals surface area contributed by atoms with Crippen molar-refractivity contribution in [1.29, 1.82) is 0 Å². The van der Waals surface area contributed by atoms with Gasteiger partial charge in [0, 0.05) is 17.8 Å². The van der Waals surface area contributed by atoms with Crippen LogP contribution in [-0.2, 0) is 0 Å². The number of hydrogen-bond donors (Lipinski definition) is 1. The maximum absolute atomic E-state index is 11.3. The van der Waals surface area contributed by atoms with Gasteiger partial charge in [0.25, 0.3) is 0 Å². The van der Waals surface area contributed by atoms with Crippen molar-refractivity contribution in [3.8, 4) is 5.75 Å². The molecule has 1 amide bonds. The predicted octanol–water partition coefficient (Wildman–Crippen LogP) is 2.98. The van der Waals surface area contributed by atoms with E-state index in [0.29, 0.717) is 11.6 Å². The van der Waals surface area contributed by atoms with E-state index >= 15 is 0 Å². The summed E-state index contributed by atoms with van der Waals surface area (Å²) < 4.78 is 6.00. The van der Waals surface area contributed by atoms with E-state index in [0.717, 1.165) is 3.57 Å². The Balaban J connectivity index is 3.25. The number of rotatable bonds is 2. The third-order valence-corrected chi connectivity index (χ3v) is 2.93. The van der Waals surface area contributed by atoms with E-state index in [1.54, 1.807) is 19.4 Å². The molecule has 1 heterocycles. The van der Waals surface area contributed by atoms with Crippen molar-refractivity contribution in [2.24, 2.45) is 0 Å². The van der Waals surface area contributed by atoms with Crippen LogP contribution in [0.4, 0.5) is 10.6 Å². The van der Waals surface area contributed by atoms with Crippen molar-refractivity contribution < 1.29 is 14.6 Å². The van der Waals surface area contributed by atoms with Crippen LogP contribution in [0.25, 0.3) is 0 Å². The summed E-state index contributed by atoms with van der Waals surface area (Å²) in [4.78, 5) is 16.6. The van der Waals surface area contributed by atoms with E-state index in [9.17, 15) is 9.90 Å². The normalized spacial score (nSPS) is 11.1. The molecular weight excluding hydrogens is 335 g/mol. The lowest BCUT2D eigenvalue weighted by atomic mass is 10.1. The molecule has 0 atom stereocenters. The molecule has 17 heavy (non-hydrogen) atoms. The molecule has 6 heteroatoms. The Morgan fingerprint density at radius 2 is 2.12 bits per heavy atom. The summed E-state index contributed by atoms with van der Waals surface area (Å²) >= 11 is 2.09. The Bertz CT molecular complexity index is 429. The fraction of sp³-hybridized carbons (Fsp3) is 0.455. The molecule has 0 aliphatic heterocycles. The third-order valence-electron chi connectivity index (χ3n) is 2.12. The van der Waals surface area contributed by atoms with E-state index in [2.05, 4.69) is 27.6 Å². The summed E-state index contributed by atoms with van der Waals surface area (Å²) in [5.41, 5.74) is -0.559. The van der Waals surface area contributed by atoms with Gasteiger partial charge < -0.3 is 9.84 Å². The zero-order valence-corrected chi connectivity index (χ0v) is 12.3. The van der Waals surface area contributed by atoms with Gasteiger partial charge in [-0.25, -0.2) is 9.78 Å². The van der Waals surface area contributed by atoms with Gasteiger partial charge in [0.15, 0.2) is 0 Å². The minimum atomic E-state index is -1.03. The summed E-state index contributed by atoms with van der Waals surface area (Å²) in [6.07, 6.45) is 0.560. The van der Waals surface area contributed by atoms with Gasteiger partial charge in [-0.2, -0.15) is 0 Å². The quantitative estimate of drug-likeness (QED) is 0.833. The zero-order chi connectivity index (χ0) is 13.2. The van der Waals surface area contributed by atoms with Gasteiger partial charge in [-0.1, -0.05) is 0 Å². The van der Waals surface area contributed by atoms with Crippen molar-refractivity contribution in [3.05, 3.63) is 15.8 Å². The molecule has 0 saturated carbocycles. The molecule has 0 saturated heterocycles. The van der Waals surface area contributed by atoms with Crippen molar-refractivity contribution in [2.45, 2.75) is 26.3 Å². The van der Waals surface area contributed by atoms with Gasteiger partial charge in [-0.3, -0.25) is 4.90 Å². The zero-order valence-electron chi connectivity index (χ0n) is 10.2. The van der Waals surface area contributed by atoms with E-state index in [4.69, 9.17) is 4.74 Å². The standard InChI is InChI=1S/C11H15IN2O3/c1-11(2,3)14(10(15)16)9-5-8(17-4)7(12)6-13-9/h5-6H,1-4H3,(H,15,16). The molecule has 1 N–H and O–H groups in total. The summed E-state index contributed by atoms with van der Waals surface area (Å²) in [5.74, 6) is 0.980. The molecule has 0 aromatic carbocycles. The summed E-state index contributed by atoms with van der Waals surface area (Å²) in [7, 11) is 1.55. The fourth-order valence-corrected chi connectivity index (χ4v) is 1.93. The molecule has 0 aliphatic carbocycles. The van der Waals surface area contributed by atoms with Crippen LogP contribution in [0.15, 0.2) is 12.3 Å². The second-order valence-corrected chi connectivity index (χ2v) is 5.63. The lowest BCUT2D eigenvalue weighted by Crippen LogP contribution is -2.45. The highest BCUT2D eigenvalue weighted by molar-refractivity contribution is 14.1. The molecule has 0 bridgehead atoms. The molecule has 0 unspecified atom stereocenters. The first-order valence-corrected chi connectivity index (χ1v) is 6.08. The second kappa shape index (κ2) is 5.07. The molecule has 1 aromatic heterocycles. The average Bonchev–Trinajstić information content (AvgIpc) is 2.18. The van der Waals surface area contributed by atoms with E-state index in [1.807, 2.05) is 20.8 Å². The van der Waals surface area contributed by atoms with Crippen LogP contribution in [0.5, 0.6) is 5.75 Å². The van der Waals surface area contributed by atoms with Gasteiger partial charge in [0.2, 0.25) is 0 Å². The van der Waals surface area contributed by atoms with Gasteiger partial charge in [-0.15, -0.1) is 0 Å². The largest absolute Gasteiger partial charge is 0.495 e. The molecule has 0 radical (unpaired) electrons. The Morgan fingerprint density at radius 3 is 2.53 bits per heavy atom. The monoisotopic (exact) mass is 350 g/mol. The van der Waals surface area contributed by atoms with Crippen molar-refractivity contribution >= 4 is 34.5 Å². The first-order chi connectivity index (χ1) is 7.77. The number of aromatic nitrogens is 1. The molecule has 0 spiro atoms. The van der Waals surface area contributed by atoms with Crippen LogP contribution in [0.3, 0.4) is 0 Å². The van der Waals surface area contributed by atoms with Gasteiger partial charge in [0.05, 0.1) is 10.7 Å². The third kappa shape index (κ3) is 3.21. The number of pyridine rings is 1. The molecule has 0 fully saturated rings. The minimum Gasteiger partial charge on any atom is -0.495 e. The van der Waals surface area contributed by atoms with E-state index in [-0.39, 0.29) is 0 Å².